The summed E-state index contributed by atoms with van der Waals surface area (Å²) in [6, 6.07) is 7.81. The SMILES string of the molecule is COc1cccc(C2CN(/C(N)=N\Cl)CCO2)c1.I. The van der Waals surface area contributed by atoms with Crippen LogP contribution in [0, 0.1) is 0 Å². The van der Waals surface area contributed by atoms with Crippen LogP contribution < -0.4 is 10.5 Å². The predicted octanol–water partition coefficient (Wildman–Crippen LogP) is 2.16. The van der Waals surface area contributed by atoms with Gasteiger partial charge in [0.05, 0.1) is 20.3 Å². The van der Waals surface area contributed by atoms with E-state index in [1.165, 1.54) is 0 Å². The van der Waals surface area contributed by atoms with Crippen LogP contribution in [0.1, 0.15) is 11.7 Å². The number of hydrogen-bond donors (Lipinski definition) is 1. The zero-order valence-electron chi connectivity index (χ0n) is 10.6. The molecule has 5 nitrogen and oxygen atoms in total. The Bertz CT molecular complexity index is 445. The van der Waals surface area contributed by atoms with Gasteiger partial charge in [0, 0.05) is 18.3 Å². The van der Waals surface area contributed by atoms with Crippen LogP contribution in [-0.4, -0.2) is 37.7 Å². The van der Waals surface area contributed by atoms with Crippen molar-refractivity contribution in [2.24, 2.45) is 10.2 Å². The molecule has 19 heavy (non-hydrogen) atoms. The van der Waals surface area contributed by atoms with E-state index in [4.69, 9.17) is 27.0 Å². The molecule has 1 aliphatic rings. The van der Waals surface area contributed by atoms with Gasteiger partial charge in [0.1, 0.15) is 11.9 Å². The van der Waals surface area contributed by atoms with E-state index in [-0.39, 0.29) is 30.1 Å². The maximum atomic E-state index is 5.74. The summed E-state index contributed by atoms with van der Waals surface area (Å²) in [5, 5.41) is 0. The van der Waals surface area contributed by atoms with Crippen LogP contribution in [0.5, 0.6) is 5.75 Å². The predicted molar refractivity (Wildman–Crippen MR) is 86.2 cm³/mol. The second-order valence-electron chi connectivity index (χ2n) is 4.02. The Labute approximate surface area is 134 Å². The molecule has 1 saturated heterocycles. The lowest BCUT2D eigenvalue weighted by atomic mass is 10.1. The number of ether oxygens (including phenoxy) is 2. The standard InChI is InChI=1S/C12H16ClN3O2.HI/c1-17-10-4-2-3-9(7-10)11-8-16(5-6-18-11)12(14)15-13;/h2-4,7,11H,5-6,8H2,1H3,(H2,14,15);1H. The summed E-state index contributed by atoms with van der Waals surface area (Å²) in [6.45, 7) is 1.92. The van der Waals surface area contributed by atoms with E-state index in [1.54, 1.807) is 7.11 Å². The molecule has 106 valence electrons. The largest absolute Gasteiger partial charge is 0.497 e. The first-order valence-electron chi connectivity index (χ1n) is 5.69. The Morgan fingerprint density at radius 3 is 3.05 bits per heavy atom. The minimum atomic E-state index is -0.0502. The monoisotopic (exact) mass is 397 g/mol. The first kappa shape index (κ1) is 16.3. The van der Waals surface area contributed by atoms with Crippen molar-refractivity contribution < 1.29 is 9.47 Å². The summed E-state index contributed by atoms with van der Waals surface area (Å²) < 4.78 is 14.4. The molecule has 1 aromatic carbocycles. The minimum Gasteiger partial charge on any atom is -0.497 e. The third kappa shape index (κ3) is 4.12. The summed E-state index contributed by atoms with van der Waals surface area (Å²) in [7, 11) is 1.64. The molecule has 2 rings (SSSR count). The van der Waals surface area contributed by atoms with Crippen molar-refractivity contribution in [3.8, 4) is 5.75 Å². The zero-order chi connectivity index (χ0) is 13.0. The third-order valence-electron chi connectivity index (χ3n) is 2.94. The summed E-state index contributed by atoms with van der Waals surface area (Å²) in [5.74, 6) is 1.14. The number of rotatable bonds is 2. The van der Waals surface area contributed by atoms with E-state index in [0.717, 1.165) is 11.3 Å². The smallest absolute Gasteiger partial charge is 0.209 e. The molecule has 0 radical (unpaired) electrons. The summed E-state index contributed by atoms with van der Waals surface area (Å²) in [6.07, 6.45) is -0.0502. The highest BCUT2D eigenvalue weighted by atomic mass is 127. The number of nitrogens with zero attached hydrogens (tertiary/aromatic N) is 2. The summed E-state index contributed by atoms with van der Waals surface area (Å²) in [4.78, 5) is 1.90. The van der Waals surface area contributed by atoms with Crippen molar-refractivity contribution in [3.05, 3.63) is 29.8 Å². The van der Waals surface area contributed by atoms with Gasteiger partial charge in [-0.2, -0.15) is 0 Å². The van der Waals surface area contributed by atoms with Crippen molar-refractivity contribution in [2.45, 2.75) is 6.10 Å². The fraction of sp³-hybridized carbons (Fsp3) is 0.417. The first-order chi connectivity index (χ1) is 8.74. The van der Waals surface area contributed by atoms with Crippen molar-refractivity contribution in [1.29, 1.82) is 0 Å². The first-order valence-corrected chi connectivity index (χ1v) is 6.03. The highest BCUT2D eigenvalue weighted by Crippen LogP contribution is 2.25. The molecule has 1 atom stereocenters. The Hall–Kier alpha value is -0.730. The Morgan fingerprint density at radius 2 is 2.37 bits per heavy atom. The van der Waals surface area contributed by atoms with E-state index in [2.05, 4.69) is 4.51 Å². The molecule has 0 aromatic heterocycles. The molecule has 1 unspecified atom stereocenters. The molecule has 2 N–H and O–H groups in total. The van der Waals surface area contributed by atoms with Crippen molar-refractivity contribution in [3.63, 3.8) is 0 Å². The molecule has 0 aliphatic carbocycles. The van der Waals surface area contributed by atoms with E-state index in [1.807, 2.05) is 29.2 Å². The molecule has 1 fully saturated rings. The van der Waals surface area contributed by atoms with Crippen LogP contribution in [0.3, 0.4) is 0 Å². The number of benzene rings is 1. The number of morpholine rings is 1. The number of halogens is 2. The second-order valence-corrected chi connectivity index (χ2v) is 4.19. The van der Waals surface area contributed by atoms with Gasteiger partial charge in [-0.05, 0) is 17.7 Å². The van der Waals surface area contributed by atoms with Gasteiger partial charge < -0.3 is 20.1 Å². The molecular formula is C12H17ClIN3O2. The fourth-order valence-electron chi connectivity index (χ4n) is 1.95. The van der Waals surface area contributed by atoms with E-state index in [0.29, 0.717) is 25.7 Å². The van der Waals surface area contributed by atoms with Gasteiger partial charge in [-0.15, -0.1) is 28.5 Å². The van der Waals surface area contributed by atoms with Crippen LogP contribution in [0.25, 0.3) is 0 Å². The van der Waals surface area contributed by atoms with E-state index >= 15 is 0 Å². The molecule has 0 bridgehead atoms. The van der Waals surface area contributed by atoms with Crippen LogP contribution in [0.4, 0.5) is 0 Å². The number of hydrogen-bond acceptors (Lipinski definition) is 3. The zero-order valence-corrected chi connectivity index (χ0v) is 13.7. The number of guanidine groups is 1. The maximum absolute atomic E-state index is 5.74. The van der Waals surface area contributed by atoms with E-state index < -0.39 is 0 Å². The Kier molecular flexibility index (Phi) is 6.67. The average Bonchev–Trinajstić information content (AvgIpc) is 2.46. The van der Waals surface area contributed by atoms with Crippen LogP contribution in [0.2, 0.25) is 0 Å². The fourth-order valence-corrected chi connectivity index (χ4v) is 2.06. The number of methoxy groups -OCH3 is 1. The average molecular weight is 398 g/mol. The van der Waals surface area contributed by atoms with Crippen molar-refractivity contribution >= 4 is 41.7 Å². The molecule has 0 saturated carbocycles. The normalized spacial score (nSPS) is 19.8. The van der Waals surface area contributed by atoms with Gasteiger partial charge in [0.2, 0.25) is 5.96 Å². The van der Waals surface area contributed by atoms with Crippen LogP contribution in [-0.2, 0) is 4.74 Å². The topological polar surface area (TPSA) is 60.1 Å². The molecule has 1 aliphatic heterocycles. The molecule has 0 amide bonds. The second kappa shape index (κ2) is 7.76. The lowest BCUT2D eigenvalue weighted by Crippen LogP contribution is -2.45. The van der Waals surface area contributed by atoms with Gasteiger partial charge in [-0.1, -0.05) is 12.1 Å². The van der Waals surface area contributed by atoms with Gasteiger partial charge >= 0.3 is 0 Å². The summed E-state index contributed by atoms with van der Waals surface area (Å²) in [5.41, 5.74) is 6.76. The third-order valence-corrected chi connectivity index (χ3v) is 3.12. The molecule has 7 heteroatoms. The van der Waals surface area contributed by atoms with Gasteiger partial charge in [-0.3, -0.25) is 0 Å². The molecule has 0 spiro atoms. The van der Waals surface area contributed by atoms with Gasteiger partial charge in [-0.25, -0.2) is 0 Å². The Balaban J connectivity index is 0.00000180. The molecule has 1 heterocycles. The molecular weight excluding hydrogens is 381 g/mol. The highest BCUT2D eigenvalue weighted by molar-refractivity contribution is 14.0. The van der Waals surface area contributed by atoms with Crippen molar-refractivity contribution in [2.75, 3.05) is 26.8 Å². The van der Waals surface area contributed by atoms with E-state index in [9.17, 15) is 0 Å². The number of nitrogens with two attached hydrogens (primary N) is 1. The quantitative estimate of drug-likeness (QED) is 0.472. The van der Waals surface area contributed by atoms with Gasteiger partial charge in [0.15, 0.2) is 0 Å². The maximum Gasteiger partial charge on any atom is 0.209 e. The summed E-state index contributed by atoms with van der Waals surface area (Å²) >= 11 is 5.39. The minimum absolute atomic E-state index is 0. The lowest BCUT2D eigenvalue weighted by molar-refractivity contribution is -0.00729. The lowest BCUT2D eigenvalue weighted by Gasteiger charge is -2.33. The van der Waals surface area contributed by atoms with Crippen LogP contribution >= 0.6 is 35.8 Å². The Morgan fingerprint density at radius 1 is 1.58 bits per heavy atom. The van der Waals surface area contributed by atoms with Crippen LogP contribution in [0.15, 0.2) is 28.8 Å². The highest BCUT2D eigenvalue weighted by Gasteiger charge is 2.23. The van der Waals surface area contributed by atoms with Crippen molar-refractivity contribution in [1.82, 2.24) is 4.90 Å². The van der Waals surface area contributed by atoms with Gasteiger partial charge in [0.25, 0.3) is 0 Å². The molecule has 1 aromatic rings.